The third kappa shape index (κ3) is 2.88. The number of rotatable bonds is 2. The van der Waals surface area contributed by atoms with E-state index in [2.05, 4.69) is 26.0 Å². The third-order valence-electron chi connectivity index (χ3n) is 1.82. The average Bonchev–Trinajstić information content (AvgIpc) is 2.88. The fourth-order valence-electron chi connectivity index (χ4n) is 1.10. The standard InChI is InChI=1S/C9H9N5O3S/c1-4-3-6(14-17-4)10-7(15)8(16)11-9-13-12-5(2)18-9/h3H,1-2H3,(H,10,14,15)(H,11,13,16). The predicted molar refractivity (Wildman–Crippen MR) is 63.1 cm³/mol. The molecule has 0 unspecified atom stereocenters. The Kier molecular flexibility index (Phi) is 3.33. The lowest BCUT2D eigenvalue weighted by molar-refractivity contribution is -0.133. The molecule has 0 aliphatic carbocycles. The molecule has 0 radical (unpaired) electrons. The molecule has 2 amide bonds. The number of amides is 2. The summed E-state index contributed by atoms with van der Waals surface area (Å²) in [5, 5.41) is 16.5. The van der Waals surface area contributed by atoms with Crippen molar-refractivity contribution in [2.45, 2.75) is 13.8 Å². The summed E-state index contributed by atoms with van der Waals surface area (Å²) >= 11 is 1.18. The highest BCUT2D eigenvalue weighted by atomic mass is 32.1. The van der Waals surface area contributed by atoms with Crippen molar-refractivity contribution in [1.29, 1.82) is 0 Å². The van der Waals surface area contributed by atoms with Crippen LogP contribution in [0.15, 0.2) is 10.6 Å². The Balaban J connectivity index is 1.95. The molecule has 9 heteroatoms. The molecule has 0 spiro atoms. The number of carbonyl (C=O) groups excluding carboxylic acids is 2. The second kappa shape index (κ2) is 4.92. The van der Waals surface area contributed by atoms with Crippen LogP contribution in [-0.4, -0.2) is 27.2 Å². The van der Waals surface area contributed by atoms with Gasteiger partial charge in [-0.3, -0.25) is 20.2 Å². The summed E-state index contributed by atoms with van der Waals surface area (Å²) in [5.41, 5.74) is 0. The number of nitrogens with one attached hydrogen (secondary N) is 2. The van der Waals surface area contributed by atoms with Crippen LogP contribution in [0.1, 0.15) is 10.8 Å². The Morgan fingerprint density at radius 1 is 1.22 bits per heavy atom. The number of aromatic nitrogens is 3. The van der Waals surface area contributed by atoms with Gasteiger partial charge in [-0.15, -0.1) is 10.2 Å². The van der Waals surface area contributed by atoms with Crippen LogP contribution in [0.25, 0.3) is 0 Å². The molecule has 0 saturated heterocycles. The van der Waals surface area contributed by atoms with E-state index in [1.54, 1.807) is 13.8 Å². The van der Waals surface area contributed by atoms with Gasteiger partial charge in [0.05, 0.1) is 0 Å². The zero-order valence-corrected chi connectivity index (χ0v) is 10.4. The fourth-order valence-corrected chi connectivity index (χ4v) is 1.69. The number of aryl methyl sites for hydroxylation is 2. The van der Waals surface area contributed by atoms with Crippen molar-refractivity contribution < 1.29 is 14.1 Å². The van der Waals surface area contributed by atoms with E-state index in [1.165, 1.54) is 17.4 Å². The number of hydrogen-bond acceptors (Lipinski definition) is 7. The van der Waals surface area contributed by atoms with Crippen molar-refractivity contribution in [2.75, 3.05) is 10.6 Å². The minimum absolute atomic E-state index is 0.182. The van der Waals surface area contributed by atoms with Gasteiger partial charge in [0.2, 0.25) is 5.13 Å². The van der Waals surface area contributed by atoms with Crippen LogP contribution in [0.2, 0.25) is 0 Å². The highest BCUT2D eigenvalue weighted by molar-refractivity contribution is 7.15. The van der Waals surface area contributed by atoms with Crippen LogP contribution < -0.4 is 10.6 Å². The maximum absolute atomic E-state index is 11.5. The fraction of sp³-hybridized carbons (Fsp3) is 0.222. The smallest absolute Gasteiger partial charge is 0.315 e. The van der Waals surface area contributed by atoms with Gasteiger partial charge in [-0.25, -0.2) is 0 Å². The van der Waals surface area contributed by atoms with Gasteiger partial charge in [0.25, 0.3) is 0 Å². The molecule has 0 aromatic carbocycles. The van der Waals surface area contributed by atoms with Gasteiger partial charge in [0.15, 0.2) is 5.82 Å². The van der Waals surface area contributed by atoms with Crippen LogP contribution >= 0.6 is 11.3 Å². The lowest BCUT2D eigenvalue weighted by Gasteiger charge is -1.99. The van der Waals surface area contributed by atoms with Gasteiger partial charge < -0.3 is 4.52 Å². The summed E-state index contributed by atoms with van der Waals surface area (Å²) in [6.07, 6.45) is 0. The Bertz CT molecular complexity index is 538. The Morgan fingerprint density at radius 2 is 1.94 bits per heavy atom. The Morgan fingerprint density at radius 3 is 2.50 bits per heavy atom. The molecule has 0 atom stereocenters. The minimum atomic E-state index is -0.851. The van der Waals surface area contributed by atoms with Crippen LogP contribution in [0.5, 0.6) is 0 Å². The van der Waals surface area contributed by atoms with Crippen molar-refractivity contribution in [2.24, 2.45) is 0 Å². The first kappa shape index (κ1) is 12.2. The molecule has 0 saturated carbocycles. The van der Waals surface area contributed by atoms with Gasteiger partial charge in [-0.05, 0) is 13.8 Å². The highest BCUT2D eigenvalue weighted by Crippen LogP contribution is 2.13. The van der Waals surface area contributed by atoms with Crippen LogP contribution in [0.3, 0.4) is 0 Å². The molecule has 0 aliphatic heterocycles. The van der Waals surface area contributed by atoms with Gasteiger partial charge >= 0.3 is 11.8 Å². The molecular formula is C9H9N5O3S. The van der Waals surface area contributed by atoms with Crippen LogP contribution in [-0.2, 0) is 9.59 Å². The second-order valence-electron chi connectivity index (χ2n) is 3.36. The summed E-state index contributed by atoms with van der Waals surface area (Å²) in [4.78, 5) is 23.0. The number of anilines is 2. The maximum atomic E-state index is 11.5. The van der Waals surface area contributed by atoms with Crippen molar-refractivity contribution in [3.8, 4) is 0 Å². The van der Waals surface area contributed by atoms with E-state index in [0.29, 0.717) is 10.8 Å². The zero-order chi connectivity index (χ0) is 13.1. The van der Waals surface area contributed by atoms with E-state index in [0.717, 1.165) is 0 Å². The minimum Gasteiger partial charge on any atom is -0.360 e. The number of nitrogens with zero attached hydrogens (tertiary/aromatic N) is 3. The molecule has 2 aromatic rings. The lowest BCUT2D eigenvalue weighted by atomic mass is 10.4. The molecule has 2 aromatic heterocycles. The molecule has 0 fully saturated rings. The lowest BCUT2D eigenvalue weighted by Crippen LogP contribution is -2.29. The monoisotopic (exact) mass is 267 g/mol. The number of hydrogen-bond donors (Lipinski definition) is 2. The Hall–Kier alpha value is -2.29. The molecule has 94 valence electrons. The molecule has 0 bridgehead atoms. The molecule has 0 aliphatic rings. The summed E-state index contributed by atoms with van der Waals surface area (Å²) in [6, 6.07) is 1.50. The van der Waals surface area contributed by atoms with Crippen LogP contribution in [0.4, 0.5) is 10.9 Å². The van der Waals surface area contributed by atoms with Gasteiger partial charge in [0.1, 0.15) is 10.8 Å². The van der Waals surface area contributed by atoms with Crippen molar-refractivity contribution in [1.82, 2.24) is 15.4 Å². The molecule has 2 N–H and O–H groups in total. The number of carbonyl (C=O) groups is 2. The van der Waals surface area contributed by atoms with Gasteiger partial charge in [-0.2, -0.15) is 0 Å². The normalized spacial score (nSPS) is 10.1. The van der Waals surface area contributed by atoms with E-state index in [-0.39, 0.29) is 10.9 Å². The first-order valence-electron chi connectivity index (χ1n) is 4.90. The van der Waals surface area contributed by atoms with Crippen molar-refractivity contribution in [3.05, 3.63) is 16.8 Å². The maximum Gasteiger partial charge on any atom is 0.315 e. The SMILES string of the molecule is Cc1cc(NC(=O)C(=O)Nc2nnc(C)s2)no1. The highest BCUT2D eigenvalue weighted by Gasteiger charge is 2.17. The van der Waals surface area contributed by atoms with Crippen molar-refractivity contribution in [3.63, 3.8) is 0 Å². The first-order chi connectivity index (χ1) is 8.54. The third-order valence-corrected chi connectivity index (χ3v) is 2.58. The Labute approximate surface area is 105 Å². The summed E-state index contributed by atoms with van der Waals surface area (Å²) in [6.45, 7) is 3.41. The van der Waals surface area contributed by atoms with Gasteiger partial charge in [-0.1, -0.05) is 16.5 Å². The molecular weight excluding hydrogens is 258 g/mol. The van der Waals surface area contributed by atoms with E-state index >= 15 is 0 Å². The predicted octanol–water partition coefficient (Wildman–Crippen LogP) is 0.720. The van der Waals surface area contributed by atoms with E-state index in [4.69, 9.17) is 4.52 Å². The summed E-state index contributed by atoms with van der Waals surface area (Å²) in [7, 11) is 0. The van der Waals surface area contributed by atoms with E-state index < -0.39 is 11.8 Å². The van der Waals surface area contributed by atoms with E-state index in [1.807, 2.05) is 0 Å². The quantitative estimate of drug-likeness (QED) is 0.776. The molecule has 2 rings (SSSR count). The second-order valence-corrected chi connectivity index (χ2v) is 4.54. The van der Waals surface area contributed by atoms with Crippen LogP contribution in [0, 0.1) is 13.8 Å². The van der Waals surface area contributed by atoms with Crippen molar-refractivity contribution >= 4 is 34.1 Å². The largest absolute Gasteiger partial charge is 0.360 e. The average molecular weight is 267 g/mol. The first-order valence-corrected chi connectivity index (χ1v) is 5.72. The van der Waals surface area contributed by atoms with Gasteiger partial charge in [0, 0.05) is 6.07 Å². The zero-order valence-electron chi connectivity index (χ0n) is 9.55. The molecule has 8 nitrogen and oxygen atoms in total. The molecule has 2 heterocycles. The topological polar surface area (TPSA) is 110 Å². The molecule has 18 heavy (non-hydrogen) atoms. The van der Waals surface area contributed by atoms with E-state index in [9.17, 15) is 9.59 Å². The summed E-state index contributed by atoms with van der Waals surface area (Å²) < 4.78 is 4.75. The summed E-state index contributed by atoms with van der Waals surface area (Å²) in [5.74, 6) is -0.977.